The Kier molecular flexibility index (Phi) is 5.65. The lowest BCUT2D eigenvalue weighted by Crippen LogP contribution is -2.32. The molecule has 0 radical (unpaired) electrons. The molecule has 3 aromatic carbocycles. The van der Waals surface area contributed by atoms with Crippen LogP contribution in [0.15, 0.2) is 85.1 Å². The minimum atomic E-state index is 0.583. The molecule has 0 aliphatic carbocycles. The van der Waals surface area contributed by atoms with Gasteiger partial charge in [0, 0.05) is 46.6 Å². The van der Waals surface area contributed by atoms with Gasteiger partial charge < -0.3 is 15.6 Å². The quantitative estimate of drug-likeness (QED) is 0.288. The van der Waals surface area contributed by atoms with Crippen molar-refractivity contribution in [3.8, 4) is 11.1 Å². The molecule has 3 N–H and O–H groups in total. The van der Waals surface area contributed by atoms with Crippen molar-refractivity contribution >= 4 is 45.2 Å². The zero-order chi connectivity index (χ0) is 22.9. The van der Waals surface area contributed by atoms with Crippen molar-refractivity contribution in [1.82, 2.24) is 9.88 Å². The third kappa shape index (κ3) is 4.25. The van der Waals surface area contributed by atoms with Crippen LogP contribution in [0.25, 0.3) is 27.6 Å². The Hall–Kier alpha value is -3.41. The van der Waals surface area contributed by atoms with E-state index in [2.05, 4.69) is 93.5 Å². The molecule has 34 heavy (non-hydrogen) atoms. The fourth-order valence-electron chi connectivity index (χ4n) is 5.32. The van der Waals surface area contributed by atoms with E-state index in [4.69, 9.17) is 12.2 Å². The third-order valence-corrected chi connectivity index (χ3v) is 7.24. The van der Waals surface area contributed by atoms with E-state index >= 15 is 0 Å². The van der Waals surface area contributed by atoms with Gasteiger partial charge in [0.1, 0.15) is 0 Å². The SMILES string of the molecule is S=C(Nc1cccc(-c2ccccc2)c1)Nc1ccc2[nH]cc(C3=CCN4CCCC4C3)c2c1. The molecule has 0 saturated carbocycles. The number of aromatic amines is 1. The summed E-state index contributed by atoms with van der Waals surface area (Å²) >= 11 is 5.64. The molecule has 170 valence electrons. The molecule has 1 saturated heterocycles. The smallest absolute Gasteiger partial charge is 0.175 e. The molecular weight excluding hydrogens is 436 g/mol. The van der Waals surface area contributed by atoms with Crippen LogP contribution in [0.4, 0.5) is 11.4 Å². The monoisotopic (exact) mass is 464 g/mol. The van der Waals surface area contributed by atoms with Gasteiger partial charge in [-0.2, -0.15) is 0 Å². The molecule has 2 aliphatic rings. The highest BCUT2D eigenvalue weighted by atomic mass is 32.1. The van der Waals surface area contributed by atoms with E-state index < -0.39 is 0 Å². The summed E-state index contributed by atoms with van der Waals surface area (Å²) in [5.41, 5.74) is 8.25. The lowest BCUT2D eigenvalue weighted by molar-refractivity contribution is 0.275. The lowest BCUT2D eigenvalue weighted by atomic mass is 9.94. The molecule has 2 aliphatic heterocycles. The fraction of sp³-hybridized carbons (Fsp3) is 0.207. The van der Waals surface area contributed by atoms with Crippen LogP contribution < -0.4 is 10.6 Å². The zero-order valence-electron chi connectivity index (χ0n) is 19.1. The number of nitrogens with zero attached hydrogens (tertiary/aromatic N) is 1. The summed E-state index contributed by atoms with van der Waals surface area (Å²) < 4.78 is 0. The molecule has 0 bridgehead atoms. The van der Waals surface area contributed by atoms with Crippen molar-refractivity contribution in [2.24, 2.45) is 0 Å². The van der Waals surface area contributed by atoms with Crippen LogP contribution in [0.2, 0.25) is 0 Å². The van der Waals surface area contributed by atoms with Gasteiger partial charge in [0.2, 0.25) is 0 Å². The van der Waals surface area contributed by atoms with Crippen molar-refractivity contribution in [3.63, 3.8) is 0 Å². The Balaban J connectivity index is 1.19. The summed E-state index contributed by atoms with van der Waals surface area (Å²) in [4.78, 5) is 6.07. The second-order valence-corrected chi connectivity index (χ2v) is 9.62. The molecule has 0 spiro atoms. The van der Waals surface area contributed by atoms with Crippen LogP contribution in [0, 0.1) is 0 Å². The van der Waals surface area contributed by atoms with E-state index in [0.717, 1.165) is 35.4 Å². The molecule has 1 aromatic heterocycles. The number of H-pyrrole nitrogens is 1. The lowest BCUT2D eigenvalue weighted by Gasteiger charge is -2.29. The van der Waals surface area contributed by atoms with E-state index in [9.17, 15) is 0 Å². The Morgan fingerprint density at radius 2 is 1.74 bits per heavy atom. The predicted octanol–water partition coefficient (Wildman–Crippen LogP) is 6.90. The van der Waals surface area contributed by atoms with Crippen LogP contribution in [-0.2, 0) is 0 Å². The maximum Gasteiger partial charge on any atom is 0.175 e. The van der Waals surface area contributed by atoms with E-state index in [-0.39, 0.29) is 0 Å². The minimum Gasteiger partial charge on any atom is -0.361 e. The van der Waals surface area contributed by atoms with Crippen LogP contribution >= 0.6 is 12.2 Å². The van der Waals surface area contributed by atoms with Crippen molar-refractivity contribution in [3.05, 3.63) is 90.6 Å². The van der Waals surface area contributed by atoms with Crippen molar-refractivity contribution in [2.45, 2.75) is 25.3 Å². The maximum atomic E-state index is 5.64. The van der Waals surface area contributed by atoms with Gasteiger partial charge in [-0.3, -0.25) is 4.90 Å². The molecule has 1 fully saturated rings. The van der Waals surface area contributed by atoms with E-state index in [1.54, 1.807) is 0 Å². The first-order valence-corrected chi connectivity index (χ1v) is 12.4. The van der Waals surface area contributed by atoms with Crippen LogP contribution in [-0.4, -0.2) is 34.1 Å². The largest absolute Gasteiger partial charge is 0.361 e. The highest BCUT2D eigenvalue weighted by Crippen LogP contribution is 2.36. The molecule has 4 nitrogen and oxygen atoms in total. The highest BCUT2D eigenvalue weighted by molar-refractivity contribution is 7.80. The second kappa shape index (κ2) is 9.09. The van der Waals surface area contributed by atoms with E-state index in [0.29, 0.717) is 11.2 Å². The van der Waals surface area contributed by atoms with Gasteiger partial charge >= 0.3 is 0 Å². The van der Waals surface area contributed by atoms with Gasteiger partial charge in [-0.15, -0.1) is 0 Å². The van der Waals surface area contributed by atoms with Gasteiger partial charge in [0.15, 0.2) is 5.11 Å². The standard InChI is InChI=1S/C29H28N4S/c34-29(31-23-9-4-8-21(16-23)20-6-2-1-3-7-20)32-24-11-12-28-26(18-24)27(19-30-28)22-13-15-33-14-5-10-25(33)17-22/h1-4,6-9,11-13,16,18-19,25,30H,5,10,14-15,17H2,(H2,31,32,34). The van der Waals surface area contributed by atoms with Crippen LogP contribution in [0.5, 0.6) is 0 Å². The molecule has 5 heteroatoms. The second-order valence-electron chi connectivity index (χ2n) is 9.21. The predicted molar refractivity (Wildman–Crippen MR) is 147 cm³/mol. The number of hydrogen-bond acceptors (Lipinski definition) is 2. The van der Waals surface area contributed by atoms with Crippen molar-refractivity contribution in [2.75, 3.05) is 23.7 Å². The van der Waals surface area contributed by atoms with Gasteiger partial charge in [-0.25, -0.2) is 0 Å². The summed E-state index contributed by atoms with van der Waals surface area (Å²) in [6.45, 7) is 2.32. The van der Waals surface area contributed by atoms with Gasteiger partial charge in [0.05, 0.1) is 0 Å². The summed E-state index contributed by atoms with van der Waals surface area (Å²) in [6.07, 6.45) is 8.36. The highest BCUT2D eigenvalue weighted by Gasteiger charge is 2.28. The average Bonchev–Trinajstić information content (AvgIpc) is 3.51. The number of benzene rings is 3. The first-order chi connectivity index (χ1) is 16.7. The average molecular weight is 465 g/mol. The number of rotatable bonds is 4. The summed E-state index contributed by atoms with van der Waals surface area (Å²) in [7, 11) is 0. The van der Waals surface area contributed by atoms with Gasteiger partial charge in [-0.1, -0.05) is 48.5 Å². The molecular formula is C29H28N4S. The Morgan fingerprint density at radius 3 is 2.62 bits per heavy atom. The topological polar surface area (TPSA) is 43.1 Å². The zero-order valence-corrected chi connectivity index (χ0v) is 19.9. The summed E-state index contributed by atoms with van der Waals surface area (Å²) in [6, 6.07) is 25.8. The molecule has 4 aromatic rings. The third-order valence-electron chi connectivity index (χ3n) is 7.04. The normalized spacial score (nSPS) is 17.9. The summed E-state index contributed by atoms with van der Waals surface area (Å²) in [5.74, 6) is 0. The maximum absolute atomic E-state index is 5.64. The van der Waals surface area contributed by atoms with Gasteiger partial charge in [-0.05, 0) is 85.1 Å². The minimum absolute atomic E-state index is 0.583. The number of aromatic nitrogens is 1. The molecule has 3 heterocycles. The fourth-order valence-corrected chi connectivity index (χ4v) is 5.55. The van der Waals surface area contributed by atoms with Gasteiger partial charge in [0.25, 0.3) is 0 Å². The number of fused-ring (bicyclic) bond motifs is 2. The number of anilines is 2. The van der Waals surface area contributed by atoms with Crippen molar-refractivity contribution in [1.29, 1.82) is 0 Å². The number of hydrogen-bond donors (Lipinski definition) is 3. The molecule has 0 amide bonds. The first-order valence-electron chi connectivity index (χ1n) is 12.0. The van der Waals surface area contributed by atoms with E-state index in [1.165, 1.54) is 41.5 Å². The van der Waals surface area contributed by atoms with Crippen LogP contribution in [0.3, 0.4) is 0 Å². The van der Waals surface area contributed by atoms with Crippen molar-refractivity contribution < 1.29 is 0 Å². The Morgan fingerprint density at radius 1 is 0.912 bits per heavy atom. The molecule has 6 rings (SSSR count). The van der Waals surface area contributed by atoms with E-state index in [1.807, 2.05) is 12.1 Å². The Labute approximate surface area is 205 Å². The molecule has 1 unspecified atom stereocenters. The van der Waals surface area contributed by atoms with Crippen LogP contribution in [0.1, 0.15) is 24.8 Å². The molecule has 1 atom stereocenters. The Bertz CT molecular complexity index is 1370. The summed E-state index contributed by atoms with van der Waals surface area (Å²) in [5, 5.41) is 8.55. The first kappa shape index (κ1) is 21.1. The number of nitrogens with one attached hydrogen (secondary N) is 3. The number of thiocarbonyl (C=S) groups is 1.